The summed E-state index contributed by atoms with van der Waals surface area (Å²) in [6.45, 7) is 5.25. The molecule has 0 aliphatic carbocycles. The molecule has 0 fully saturated rings. The Bertz CT molecular complexity index is 906. The van der Waals surface area contributed by atoms with Crippen molar-refractivity contribution in [3.8, 4) is 11.1 Å². The molecule has 4 nitrogen and oxygen atoms in total. The number of fused-ring (bicyclic) bond motifs is 1. The quantitative estimate of drug-likeness (QED) is 0.718. The van der Waals surface area contributed by atoms with Crippen molar-refractivity contribution < 1.29 is 9.90 Å². The SMILES string of the molecule is CC(=O)c1nn(CC(C)(C)O)c2cc(-c3ccc(Cl)cc3)ccc12. The van der Waals surface area contributed by atoms with Crippen LogP contribution in [-0.4, -0.2) is 26.3 Å². The van der Waals surface area contributed by atoms with Crippen LogP contribution in [-0.2, 0) is 6.54 Å². The monoisotopic (exact) mass is 342 g/mol. The summed E-state index contributed by atoms with van der Waals surface area (Å²) in [6.07, 6.45) is 0. The molecule has 0 aliphatic heterocycles. The molecule has 3 rings (SSSR count). The van der Waals surface area contributed by atoms with Gasteiger partial charge in [0.2, 0.25) is 0 Å². The molecule has 0 unspecified atom stereocenters. The number of nitrogens with zero attached hydrogens (tertiary/aromatic N) is 2. The highest BCUT2D eigenvalue weighted by atomic mass is 35.5. The molecule has 1 heterocycles. The van der Waals surface area contributed by atoms with Gasteiger partial charge in [0.15, 0.2) is 5.78 Å². The molecular weight excluding hydrogens is 324 g/mol. The van der Waals surface area contributed by atoms with E-state index in [1.54, 1.807) is 18.5 Å². The number of aliphatic hydroxyl groups is 1. The van der Waals surface area contributed by atoms with Crippen molar-refractivity contribution in [2.75, 3.05) is 0 Å². The molecule has 0 saturated carbocycles. The summed E-state index contributed by atoms with van der Waals surface area (Å²) in [5, 5.41) is 16.0. The second-order valence-corrected chi connectivity index (χ2v) is 7.05. The smallest absolute Gasteiger partial charge is 0.180 e. The molecule has 0 radical (unpaired) electrons. The fourth-order valence-corrected chi connectivity index (χ4v) is 2.87. The highest BCUT2D eigenvalue weighted by molar-refractivity contribution is 6.30. The first kappa shape index (κ1) is 16.7. The third-order valence-electron chi connectivity index (χ3n) is 3.80. The normalized spacial score (nSPS) is 11.9. The lowest BCUT2D eigenvalue weighted by Crippen LogP contribution is -2.26. The number of carbonyl (C=O) groups is 1. The molecule has 0 amide bonds. The first-order valence-corrected chi connectivity index (χ1v) is 8.12. The van der Waals surface area contributed by atoms with Crippen LogP contribution in [0.1, 0.15) is 31.3 Å². The Morgan fingerprint density at radius 3 is 2.38 bits per heavy atom. The molecule has 0 spiro atoms. The lowest BCUT2D eigenvalue weighted by atomic mass is 10.0. The van der Waals surface area contributed by atoms with Gasteiger partial charge >= 0.3 is 0 Å². The topological polar surface area (TPSA) is 55.1 Å². The van der Waals surface area contributed by atoms with Crippen LogP contribution in [0.4, 0.5) is 0 Å². The molecule has 5 heteroatoms. The van der Waals surface area contributed by atoms with Gasteiger partial charge in [0.25, 0.3) is 0 Å². The minimum absolute atomic E-state index is 0.0891. The third-order valence-corrected chi connectivity index (χ3v) is 4.05. The summed E-state index contributed by atoms with van der Waals surface area (Å²) in [7, 11) is 0. The predicted molar refractivity (Wildman–Crippen MR) is 96.5 cm³/mol. The number of benzene rings is 2. The molecule has 3 aromatic rings. The van der Waals surface area contributed by atoms with Crippen LogP contribution < -0.4 is 0 Å². The number of hydrogen-bond donors (Lipinski definition) is 1. The third kappa shape index (κ3) is 3.35. The molecule has 124 valence electrons. The summed E-state index contributed by atoms with van der Waals surface area (Å²) in [5.74, 6) is -0.0891. The summed E-state index contributed by atoms with van der Waals surface area (Å²) < 4.78 is 1.70. The van der Waals surface area contributed by atoms with E-state index in [4.69, 9.17) is 11.6 Å². The highest BCUT2D eigenvalue weighted by Gasteiger charge is 2.20. The second kappa shape index (κ2) is 6.04. The van der Waals surface area contributed by atoms with Gasteiger partial charge in [-0.3, -0.25) is 9.48 Å². The lowest BCUT2D eigenvalue weighted by molar-refractivity contribution is 0.0588. The first-order valence-electron chi connectivity index (χ1n) is 7.74. The van der Waals surface area contributed by atoms with Crippen molar-refractivity contribution in [1.82, 2.24) is 9.78 Å². The van der Waals surface area contributed by atoms with Crippen molar-refractivity contribution in [3.05, 3.63) is 53.2 Å². The maximum Gasteiger partial charge on any atom is 0.180 e. The van der Waals surface area contributed by atoms with E-state index in [0.717, 1.165) is 22.0 Å². The van der Waals surface area contributed by atoms with E-state index in [1.165, 1.54) is 6.92 Å². The van der Waals surface area contributed by atoms with E-state index >= 15 is 0 Å². The van der Waals surface area contributed by atoms with E-state index in [9.17, 15) is 9.90 Å². The van der Waals surface area contributed by atoms with Gasteiger partial charge in [0.05, 0.1) is 17.7 Å². The molecule has 0 bridgehead atoms. The Labute approximate surface area is 145 Å². The lowest BCUT2D eigenvalue weighted by Gasteiger charge is -2.17. The Kier molecular flexibility index (Phi) is 4.20. The molecule has 24 heavy (non-hydrogen) atoms. The molecule has 1 N–H and O–H groups in total. The zero-order valence-electron chi connectivity index (χ0n) is 13.9. The minimum Gasteiger partial charge on any atom is -0.389 e. The van der Waals surface area contributed by atoms with Gasteiger partial charge in [-0.05, 0) is 49.2 Å². The van der Waals surface area contributed by atoms with Crippen LogP contribution in [0.2, 0.25) is 5.02 Å². The van der Waals surface area contributed by atoms with Crippen LogP contribution in [0.3, 0.4) is 0 Å². The van der Waals surface area contributed by atoms with Gasteiger partial charge in [0, 0.05) is 17.3 Å². The Morgan fingerprint density at radius 1 is 1.17 bits per heavy atom. The Hall–Kier alpha value is -2.17. The zero-order valence-corrected chi connectivity index (χ0v) is 14.6. The fourth-order valence-electron chi connectivity index (χ4n) is 2.74. The van der Waals surface area contributed by atoms with Crippen LogP contribution >= 0.6 is 11.6 Å². The maximum atomic E-state index is 11.9. The number of halogens is 1. The molecule has 1 aromatic heterocycles. The second-order valence-electron chi connectivity index (χ2n) is 6.61. The number of hydrogen-bond acceptors (Lipinski definition) is 3. The maximum absolute atomic E-state index is 11.9. The van der Waals surface area contributed by atoms with Crippen LogP contribution in [0.25, 0.3) is 22.0 Å². The predicted octanol–water partition coefficient (Wildman–Crippen LogP) is 4.33. The molecule has 0 aliphatic rings. The Morgan fingerprint density at radius 2 is 1.79 bits per heavy atom. The summed E-state index contributed by atoms with van der Waals surface area (Å²) >= 11 is 5.95. The first-order chi connectivity index (χ1) is 11.2. The van der Waals surface area contributed by atoms with E-state index in [-0.39, 0.29) is 5.78 Å². The van der Waals surface area contributed by atoms with Gasteiger partial charge < -0.3 is 5.11 Å². The molecule has 0 atom stereocenters. The average Bonchev–Trinajstić information content (AvgIpc) is 2.84. The highest BCUT2D eigenvalue weighted by Crippen LogP contribution is 2.28. The minimum atomic E-state index is -0.927. The molecular formula is C19H19ClN2O2. The van der Waals surface area contributed by atoms with E-state index < -0.39 is 5.60 Å². The number of Topliss-reactive ketones (excluding diaryl/α,β-unsaturated/α-hetero) is 1. The average molecular weight is 343 g/mol. The van der Waals surface area contributed by atoms with E-state index in [2.05, 4.69) is 5.10 Å². The summed E-state index contributed by atoms with van der Waals surface area (Å²) in [6, 6.07) is 13.5. The van der Waals surface area contributed by atoms with Gasteiger partial charge in [0.1, 0.15) is 5.69 Å². The van der Waals surface area contributed by atoms with E-state index in [1.807, 2.05) is 42.5 Å². The van der Waals surface area contributed by atoms with Gasteiger partial charge in [-0.2, -0.15) is 5.10 Å². The molecule has 0 saturated heterocycles. The summed E-state index contributed by atoms with van der Waals surface area (Å²) in [4.78, 5) is 11.9. The van der Waals surface area contributed by atoms with Crippen molar-refractivity contribution in [2.45, 2.75) is 32.9 Å². The molecule has 2 aromatic carbocycles. The van der Waals surface area contributed by atoms with Crippen molar-refractivity contribution in [3.63, 3.8) is 0 Å². The standard InChI is InChI=1S/C19H19ClN2O2/c1-12(23)18-16-9-6-14(13-4-7-15(20)8-5-13)10-17(16)22(21-18)11-19(2,3)24/h4-10,24H,11H2,1-3H3. The Balaban J connectivity index is 2.17. The van der Waals surface area contributed by atoms with Crippen molar-refractivity contribution >= 4 is 28.3 Å². The number of aromatic nitrogens is 2. The number of carbonyl (C=O) groups excluding carboxylic acids is 1. The zero-order chi connectivity index (χ0) is 17.5. The van der Waals surface area contributed by atoms with Gasteiger partial charge in [-0.25, -0.2) is 0 Å². The van der Waals surface area contributed by atoms with E-state index in [0.29, 0.717) is 17.3 Å². The van der Waals surface area contributed by atoms with Crippen molar-refractivity contribution in [2.24, 2.45) is 0 Å². The van der Waals surface area contributed by atoms with Gasteiger partial charge in [-0.1, -0.05) is 29.8 Å². The summed E-state index contributed by atoms with van der Waals surface area (Å²) in [5.41, 5.74) is 2.36. The van der Waals surface area contributed by atoms with Crippen molar-refractivity contribution in [1.29, 1.82) is 0 Å². The number of rotatable bonds is 4. The largest absolute Gasteiger partial charge is 0.389 e. The number of ketones is 1. The van der Waals surface area contributed by atoms with Crippen LogP contribution in [0, 0.1) is 0 Å². The van der Waals surface area contributed by atoms with Crippen LogP contribution in [0.15, 0.2) is 42.5 Å². The van der Waals surface area contributed by atoms with Crippen LogP contribution in [0.5, 0.6) is 0 Å². The fraction of sp³-hybridized carbons (Fsp3) is 0.263. The van der Waals surface area contributed by atoms with Gasteiger partial charge in [-0.15, -0.1) is 0 Å².